The molecule has 2 rings (SSSR count). The van der Waals surface area contributed by atoms with Crippen molar-refractivity contribution in [2.24, 2.45) is 0 Å². The Morgan fingerprint density at radius 1 is 1.00 bits per heavy atom. The van der Waals surface area contributed by atoms with Crippen molar-refractivity contribution in [3.05, 3.63) is 46.0 Å². The van der Waals surface area contributed by atoms with Crippen molar-refractivity contribution in [3.63, 3.8) is 0 Å². The number of nitro groups is 1. The van der Waals surface area contributed by atoms with E-state index in [1.165, 1.54) is 34.3 Å². The zero-order valence-electron chi connectivity index (χ0n) is 18.3. The maximum atomic E-state index is 12.6. The maximum Gasteiger partial charge on any atom is 0.346 e. The normalized spacial score (nSPS) is 11.2. The van der Waals surface area contributed by atoms with Crippen molar-refractivity contribution in [3.8, 4) is 23.0 Å². The van der Waals surface area contributed by atoms with Crippen molar-refractivity contribution >= 4 is 23.3 Å². The molecule has 2 aromatic carbocycles. The highest BCUT2D eigenvalue weighted by Crippen LogP contribution is 2.35. The molecule has 0 fully saturated rings. The predicted molar refractivity (Wildman–Crippen MR) is 114 cm³/mol. The molecule has 1 unspecified atom stereocenters. The number of nitrogens with one attached hydrogen (secondary N) is 1. The van der Waals surface area contributed by atoms with Crippen LogP contribution < -0.4 is 24.3 Å². The van der Waals surface area contributed by atoms with E-state index in [0.29, 0.717) is 17.2 Å². The standard InChI is InChI=1S/C21H24N2O9/c1-6-31-19-11-15(23(26)27)14(10-18(19)30-5)21(25)32-12(2)20(24)22-13-7-8-16(28-3)17(9-13)29-4/h7-12H,6H2,1-5H3,(H,22,24). The van der Waals surface area contributed by atoms with E-state index in [0.717, 1.165) is 12.1 Å². The third-order valence-electron chi connectivity index (χ3n) is 4.30. The molecule has 0 saturated carbocycles. The first kappa shape index (κ1) is 24.3. The minimum Gasteiger partial charge on any atom is -0.493 e. The minimum absolute atomic E-state index is 0.109. The quantitative estimate of drug-likeness (QED) is 0.330. The molecule has 11 nitrogen and oxygen atoms in total. The van der Waals surface area contributed by atoms with Crippen molar-refractivity contribution in [2.75, 3.05) is 33.3 Å². The molecule has 0 aliphatic carbocycles. The number of amides is 1. The van der Waals surface area contributed by atoms with Gasteiger partial charge in [0.2, 0.25) is 0 Å². The molecule has 0 heterocycles. The fourth-order valence-corrected chi connectivity index (χ4v) is 2.73. The van der Waals surface area contributed by atoms with Gasteiger partial charge in [-0.1, -0.05) is 0 Å². The molecule has 0 aromatic heterocycles. The molecule has 0 aliphatic rings. The number of nitro benzene ring substituents is 1. The molecule has 1 amide bonds. The molecule has 0 bridgehead atoms. The van der Waals surface area contributed by atoms with Gasteiger partial charge in [0.25, 0.3) is 11.6 Å². The van der Waals surface area contributed by atoms with E-state index in [1.54, 1.807) is 19.1 Å². The van der Waals surface area contributed by atoms with Crippen LogP contribution in [0.1, 0.15) is 24.2 Å². The summed E-state index contributed by atoms with van der Waals surface area (Å²) < 4.78 is 25.9. The van der Waals surface area contributed by atoms with E-state index in [2.05, 4.69) is 5.32 Å². The number of anilines is 1. The SMILES string of the molecule is CCOc1cc([N+](=O)[O-])c(C(=O)OC(C)C(=O)Nc2ccc(OC)c(OC)c2)cc1OC. The smallest absolute Gasteiger partial charge is 0.346 e. The molecule has 2 aromatic rings. The summed E-state index contributed by atoms with van der Waals surface area (Å²) in [6.07, 6.45) is -1.26. The molecular formula is C21H24N2O9. The number of carbonyl (C=O) groups excluding carboxylic acids is 2. The molecule has 0 radical (unpaired) electrons. The van der Waals surface area contributed by atoms with Crippen LogP contribution in [0.4, 0.5) is 11.4 Å². The highest BCUT2D eigenvalue weighted by molar-refractivity contribution is 5.99. The van der Waals surface area contributed by atoms with Gasteiger partial charge in [0.1, 0.15) is 5.56 Å². The number of benzene rings is 2. The minimum atomic E-state index is -1.26. The lowest BCUT2D eigenvalue weighted by Gasteiger charge is -2.16. The lowest BCUT2D eigenvalue weighted by atomic mass is 10.1. The molecule has 1 atom stereocenters. The highest BCUT2D eigenvalue weighted by atomic mass is 16.6. The fraction of sp³-hybridized carbons (Fsp3) is 0.333. The van der Waals surface area contributed by atoms with E-state index in [1.807, 2.05) is 0 Å². The van der Waals surface area contributed by atoms with Crippen LogP contribution in [-0.2, 0) is 9.53 Å². The summed E-state index contributed by atoms with van der Waals surface area (Å²) >= 11 is 0. The van der Waals surface area contributed by atoms with Crippen molar-refractivity contribution in [2.45, 2.75) is 20.0 Å². The van der Waals surface area contributed by atoms with Gasteiger partial charge < -0.3 is 29.0 Å². The monoisotopic (exact) mass is 448 g/mol. The molecule has 1 N–H and O–H groups in total. The Kier molecular flexibility index (Phi) is 8.22. The second-order valence-electron chi connectivity index (χ2n) is 6.32. The highest BCUT2D eigenvalue weighted by Gasteiger charge is 2.28. The van der Waals surface area contributed by atoms with Gasteiger partial charge in [-0.25, -0.2) is 4.79 Å². The van der Waals surface area contributed by atoms with Crippen molar-refractivity contribution < 1.29 is 38.2 Å². The van der Waals surface area contributed by atoms with Crippen LogP contribution in [0, 0.1) is 10.1 Å². The zero-order valence-corrected chi connectivity index (χ0v) is 18.3. The van der Waals surface area contributed by atoms with Gasteiger partial charge in [-0.3, -0.25) is 14.9 Å². The van der Waals surface area contributed by atoms with Gasteiger partial charge in [-0.15, -0.1) is 0 Å². The van der Waals surface area contributed by atoms with Crippen LogP contribution in [-0.4, -0.2) is 50.8 Å². The first-order valence-electron chi connectivity index (χ1n) is 9.48. The van der Waals surface area contributed by atoms with Crippen LogP contribution in [0.15, 0.2) is 30.3 Å². The van der Waals surface area contributed by atoms with Crippen molar-refractivity contribution in [1.29, 1.82) is 0 Å². The summed E-state index contributed by atoms with van der Waals surface area (Å²) in [5.74, 6) is -0.614. The van der Waals surface area contributed by atoms with Gasteiger partial charge in [0.15, 0.2) is 29.1 Å². The summed E-state index contributed by atoms with van der Waals surface area (Å²) in [4.78, 5) is 35.8. The second-order valence-corrected chi connectivity index (χ2v) is 6.32. The van der Waals surface area contributed by atoms with E-state index < -0.39 is 28.6 Å². The summed E-state index contributed by atoms with van der Waals surface area (Å²) in [6.45, 7) is 3.28. The first-order chi connectivity index (χ1) is 15.2. The third-order valence-corrected chi connectivity index (χ3v) is 4.30. The van der Waals surface area contributed by atoms with Gasteiger partial charge in [0.05, 0.1) is 38.9 Å². The number of hydrogen-bond donors (Lipinski definition) is 1. The lowest BCUT2D eigenvalue weighted by molar-refractivity contribution is -0.385. The summed E-state index contributed by atoms with van der Waals surface area (Å²) in [7, 11) is 4.26. The van der Waals surface area contributed by atoms with E-state index in [9.17, 15) is 19.7 Å². The number of methoxy groups -OCH3 is 3. The first-order valence-corrected chi connectivity index (χ1v) is 9.48. The number of hydrogen-bond acceptors (Lipinski definition) is 9. The van der Waals surface area contributed by atoms with E-state index >= 15 is 0 Å². The molecule has 172 valence electrons. The largest absolute Gasteiger partial charge is 0.493 e. The number of carbonyl (C=O) groups is 2. The second kappa shape index (κ2) is 10.8. The lowest BCUT2D eigenvalue weighted by Crippen LogP contribution is -2.30. The van der Waals surface area contributed by atoms with Crippen LogP contribution in [0.25, 0.3) is 0 Å². The molecule has 11 heteroatoms. The van der Waals surface area contributed by atoms with Crippen LogP contribution in [0.5, 0.6) is 23.0 Å². The Morgan fingerprint density at radius 3 is 2.19 bits per heavy atom. The van der Waals surface area contributed by atoms with Crippen LogP contribution in [0.2, 0.25) is 0 Å². The Hall–Kier alpha value is -4.02. The molecule has 0 spiro atoms. The third kappa shape index (κ3) is 5.56. The average Bonchev–Trinajstić information content (AvgIpc) is 2.78. The number of nitrogens with zero attached hydrogens (tertiary/aromatic N) is 1. The van der Waals surface area contributed by atoms with Gasteiger partial charge >= 0.3 is 5.97 Å². The Balaban J connectivity index is 2.21. The molecule has 32 heavy (non-hydrogen) atoms. The van der Waals surface area contributed by atoms with Crippen LogP contribution in [0.3, 0.4) is 0 Å². The van der Waals surface area contributed by atoms with E-state index in [-0.39, 0.29) is 23.7 Å². The molecular weight excluding hydrogens is 424 g/mol. The maximum absolute atomic E-state index is 12.6. The molecule has 0 saturated heterocycles. The van der Waals surface area contributed by atoms with Gasteiger partial charge in [-0.05, 0) is 26.0 Å². The van der Waals surface area contributed by atoms with E-state index in [4.69, 9.17) is 23.7 Å². The summed E-state index contributed by atoms with van der Waals surface area (Å²) in [5.41, 5.74) is -0.530. The van der Waals surface area contributed by atoms with Gasteiger partial charge in [0, 0.05) is 17.8 Å². The topological polar surface area (TPSA) is 135 Å². The summed E-state index contributed by atoms with van der Waals surface area (Å²) in [5, 5.41) is 14.0. The zero-order chi connectivity index (χ0) is 23.8. The van der Waals surface area contributed by atoms with Crippen molar-refractivity contribution in [1.82, 2.24) is 0 Å². The summed E-state index contributed by atoms with van der Waals surface area (Å²) in [6, 6.07) is 6.93. The Labute approximate surface area is 184 Å². The number of rotatable bonds is 10. The van der Waals surface area contributed by atoms with Gasteiger partial charge in [-0.2, -0.15) is 0 Å². The predicted octanol–water partition coefficient (Wildman–Crippen LogP) is 3.20. The number of esters is 1. The Bertz CT molecular complexity index is 1010. The van der Waals surface area contributed by atoms with Crippen LogP contribution >= 0.6 is 0 Å². The number of ether oxygens (including phenoxy) is 5. The Morgan fingerprint density at radius 2 is 1.62 bits per heavy atom. The average molecular weight is 448 g/mol. The fourth-order valence-electron chi connectivity index (χ4n) is 2.73. The molecule has 0 aliphatic heterocycles.